The normalized spacial score (nSPS) is 15.3. The topological polar surface area (TPSA) is 108 Å². The predicted octanol–water partition coefficient (Wildman–Crippen LogP) is 2.18. The molecule has 0 aliphatic carbocycles. The molecule has 0 bridgehead atoms. The molecule has 0 atom stereocenters. The zero-order chi connectivity index (χ0) is 22.0. The van der Waals surface area contributed by atoms with Gasteiger partial charge < -0.3 is 9.64 Å². The molecule has 30 heavy (non-hydrogen) atoms. The van der Waals surface area contributed by atoms with Crippen LogP contribution in [0.1, 0.15) is 37.7 Å². The Morgan fingerprint density at radius 1 is 1.17 bits per heavy atom. The van der Waals surface area contributed by atoms with E-state index in [2.05, 4.69) is 0 Å². The molecule has 0 radical (unpaired) electrons. The SMILES string of the molecule is CN(CCC#N)C(=O)COC(=O)/C=C/c1ccc(S(=O)(=O)N2CCCCCC2)cc1. The van der Waals surface area contributed by atoms with Crippen molar-refractivity contribution >= 4 is 28.0 Å². The summed E-state index contributed by atoms with van der Waals surface area (Å²) in [5.41, 5.74) is 0.638. The van der Waals surface area contributed by atoms with Crippen LogP contribution in [0, 0.1) is 11.3 Å². The Bertz CT molecular complexity index is 896. The molecule has 1 heterocycles. The van der Waals surface area contributed by atoms with E-state index < -0.39 is 28.5 Å². The number of rotatable bonds is 8. The van der Waals surface area contributed by atoms with Crippen molar-refractivity contribution in [2.75, 3.05) is 33.3 Å². The number of carbonyl (C=O) groups excluding carboxylic acids is 2. The van der Waals surface area contributed by atoms with Crippen LogP contribution in [0.3, 0.4) is 0 Å². The molecule has 0 unspecified atom stereocenters. The Hall–Kier alpha value is -2.70. The van der Waals surface area contributed by atoms with Gasteiger partial charge in [0.25, 0.3) is 5.91 Å². The molecular formula is C21H27N3O5S. The molecule has 1 aliphatic heterocycles. The number of carbonyl (C=O) groups is 2. The minimum Gasteiger partial charge on any atom is -0.452 e. The lowest BCUT2D eigenvalue weighted by atomic mass is 10.2. The van der Waals surface area contributed by atoms with Crippen LogP contribution in [0.25, 0.3) is 6.08 Å². The Morgan fingerprint density at radius 3 is 2.40 bits per heavy atom. The number of likely N-dealkylation sites (N-methyl/N-ethyl adjacent to an activating group) is 1. The fourth-order valence-corrected chi connectivity index (χ4v) is 4.50. The summed E-state index contributed by atoms with van der Waals surface area (Å²) in [6.45, 7) is 0.952. The standard InChI is InChI=1S/C21H27N3O5S/c1-23(14-6-13-22)20(25)17-29-21(26)12-9-18-7-10-19(11-8-18)30(27,28)24-15-4-2-3-5-16-24/h7-12H,2-6,14-17H2,1H3/b12-9+. The van der Waals surface area contributed by atoms with Gasteiger partial charge in [-0.25, -0.2) is 13.2 Å². The highest BCUT2D eigenvalue weighted by Gasteiger charge is 2.24. The molecule has 162 valence electrons. The van der Waals surface area contributed by atoms with Crippen molar-refractivity contribution in [2.45, 2.75) is 37.0 Å². The molecule has 8 nitrogen and oxygen atoms in total. The summed E-state index contributed by atoms with van der Waals surface area (Å²) in [6, 6.07) is 8.23. The molecule has 9 heteroatoms. The van der Waals surface area contributed by atoms with E-state index in [0.717, 1.165) is 25.7 Å². The Balaban J connectivity index is 1.90. The minimum atomic E-state index is -3.51. The van der Waals surface area contributed by atoms with Gasteiger partial charge in [0.1, 0.15) is 0 Å². The van der Waals surface area contributed by atoms with Crippen molar-refractivity contribution in [3.05, 3.63) is 35.9 Å². The second kappa shape index (κ2) is 11.5. The third kappa shape index (κ3) is 6.97. The van der Waals surface area contributed by atoms with Crippen molar-refractivity contribution in [3.63, 3.8) is 0 Å². The molecule has 1 saturated heterocycles. The quantitative estimate of drug-likeness (QED) is 0.459. The third-order valence-electron chi connectivity index (χ3n) is 4.82. The zero-order valence-electron chi connectivity index (χ0n) is 17.1. The largest absolute Gasteiger partial charge is 0.452 e. The lowest BCUT2D eigenvalue weighted by molar-refractivity contribution is -0.147. The van der Waals surface area contributed by atoms with E-state index in [-0.39, 0.29) is 17.9 Å². The van der Waals surface area contributed by atoms with Crippen LogP contribution in [0.2, 0.25) is 0 Å². The fourth-order valence-electron chi connectivity index (χ4n) is 2.98. The van der Waals surface area contributed by atoms with Crippen LogP contribution in [0.4, 0.5) is 0 Å². The van der Waals surface area contributed by atoms with Crippen LogP contribution in [0.15, 0.2) is 35.2 Å². The van der Waals surface area contributed by atoms with E-state index in [4.69, 9.17) is 10.00 Å². The van der Waals surface area contributed by atoms with E-state index in [9.17, 15) is 18.0 Å². The first-order valence-electron chi connectivity index (χ1n) is 9.90. The van der Waals surface area contributed by atoms with Gasteiger partial charge in [-0.1, -0.05) is 25.0 Å². The second-order valence-corrected chi connectivity index (χ2v) is 8.99. The van der Waals surface area contributed by atoms with Crippen LogP contribution < -0.4 is 0 Å². The molecule has 1 amide bonds. The summed E-state index contributed by atoms with van der Waals surface area (Å²) in [5, 5.41) is 8.51. The number of hydrogen-bond acceptors (Lipinski definition) is 6. The predicted molar refractivity (Wildman–Crippen MR) is 112 cm³/mol. The Morgan fingerprint density at radius 2 is 1.80 bits per heavy atom. The number of nitrogens with zero attached hydrogens (tertiary/aromatic N) is 3. The average molecular weight is 434 g/mol. The lowest BCUT2D eigenvalue weighted by Gasteiger charge is -2.19. The van der Waals surface area contributed by atoms with E-state index in [1.54, 1.807) is 12.1 Å². The van der Waals surface area contributed by atoms with Gasteiger partial charge >= 0.3 is 5.97 Å². The second-order valence-electron chi connectivity index (χ2n) is 7.05. The first-order valence-corrected chi connectivity index (χ1v) is 11.3. The van der Waals surface area contributed by atoms with Gasteiger partial charge in [0.05, 0.1) is 17.4 Å². The number of esters is 1. The highest BCUT2D eigenvalue weighted by molar-refractivity contribution is 7.89. The highest BCUT2D eigenvalue weighted by atomic mass is 32.2. The molecule has 2 rings (SSSR count). The van der Waals surface area contributed by atoms with Crippen molar-refractivity contribution in [1.29, 1.82) is 5.26 Å². The molecule has 0 aromatic heterocycles. The zero-order valence-corrected chi connectivity index (χ0v) is 17.9. The van der Waals surface area contributed by atoms with Crippen molar-refractivity contribution in [3.8, 4) is 6.07 Å². The molecule has 0 spiro atoms. The van der Waals surface area contributed by atoms with Crippen LogP contribution in [-0.2, 0) is 24.3 Å². The van der Waals surface area contributed by atoms with Gasteiger partial charge in [0.2, 0.25) is 10.0 Å². The number of sulfonamides is 1. The maximum absolute atomic E-state index is 12.8. The monoisotopic (exact) mass is 433 g/mol. The molecule has 0 N–H and O–H groups in total. The number of hydrogen-bond donors (Lipinski definition) is 0. The van der Waals surface area contributed by atoms with E-state index in [1.807, 2.05) is 6.07 Å². The minimum absolute atomic E-state index is 0.208. The van der Waals surface area contributed by atoms with Gasteiger partial charge in [-0.05, 0) is 36.6 Å². The van der Waals surface area contributed by atoms with Gasteiger partial charge in [-0.15, -0.1) is 0 Å². The van der Waals surface area contributed by atoms with Crippen LogP contribution >= 0.6 is 0 Å². The van der Waals surface area contributed by atoms with E-state index in [0.29, 0.717) is 18.7 Å². The molecule has 1 fully saturated rings. The Kier molecular flexibility index (Phi) is 9.02. The third-order valence-corrected chi connectivity index (χ3v) is 6.73. The van der Waals surface area contributed by atoms with Crippen molar-refractivity contribution in [1.82, 2.24) is 9.21 Å². The van der Waals surface area contributed by atoms with E-state index >= 15 is 0 Å². The lowest BCUT2D eigenvalue weighted by Crippen LogP contribution is -2.31. The summed E-state index contributed by atoms with van der Waals surface area (Å²) in [6.07, 6.45) is 6.73. The number of ether oxygens (including phenoxy) is 1. The first-order chi connectivity index (χ1) is 14.3. The highest BCUT2D eigenvalue weighted by Crippen LogP contribution is 2.21. The number of nitriles is 1. The molecule has 1 aromatic carbocycles. The first kappa shape index (κ1) is 23.6. The van der Waals surface area contributed by atoms with Gasteiger partial charge in [-0.2, -0.15) is 9.57 Å². The number of amides is 1. The number of benzene rings is 1. The Labute approximate surface area is 177 Å². The van der Waals surface area contributed by atoms with Crippen molar-refractivity contribution < 1.29 is 22.7 Å². The van der Waals surface area contributed by atoms with Gasteiger partial charge in [0, 0.05) is 32.8 Å². The molecular weight excluding hydrogens is 406 g/mol. The van der Waals surface area contributed by atoms with E-state index in [1.165, 1.54) is 40.5 Å². The maximum Gasteiger partial charge on any atom is 0.331 e. The average Bonchev–Trinajstić information content (AvgIpc) is 3.04. The van der Waals surface area contributed by atoms with Crippen LogP contribution in [-0.4, -0.2) is 62.8 Å². The van der Waals surface area contributed by atoms with Crippen molar-refractivity contribution in [2.24, 2.45) is 0 Å². The van der Waals surface area contributed by atoms with Gasteiger partial charge in [0.15, 0.2) is 6.61 Å². The maximum atomic E-state index is 12.8. The smallest absolute Gasteiger partial charge is 0.331 e. The van der Waals surface area contributed by atoms with Gasteiger partial charge in [-0.3, -0.25) is 4.79 Å². The molecule has 0 saturated carbocycles. The summed E-state index contributed by atoms with van der Waals surface area (Å²) < 4.78 is 32.0. The summed E-state index contributed by atoms with van der Waals surface area (Å²) in [7, 11) is -1.98. The molecule has 1 aliphatic rings. The molecule has 1 aromatic rings. The summed E-state index contributed by atoms with van der Waals surface area (Å²) in [5.74, 6) is -1.08. The summed E-state index contributed by atoms with van der Waals surface area (Å²) >= 11 is 0. The fraction of sp³-hybridized carbons (Fsp3) is 0.476. The summed E-state index contributed by atoms with van der Waals surface area (Å²) in [4.78, 5) is 25.1. The van der Waals surface area contributed by atoms with Crippen LogP contribution in [0.5, 0.6) is 0 Å².